The molecule has 2 rings (SSSR count). The van der Waals surface area contributed by atoms with Gasteiger partial charge in [-0.25, -0.2) is 4.98 Å². The quantitative estimate of drug-likeness (QED) is 0.910. The summed E-state index contributed by atoms with van der Waals surface area (Å²) in [4.78, 5) is 15.7. The van der Waals surface area contributed by atoms with Gasteiger partial charge in [0.2, 0.25) is 0 Å². The van der Waals surface area contributed by atoms with E-state index < -0.39 is 5.97 Å². The SMILES string of the molecule is Cc1cc2nc(CCC(C)C)n(CC(=O)O)c2cc1C. The number of nitrogens with zero attached hydrogens (tertiary/aromatic N) is 2. The van der Waals surface area contributed by atoms with Crippen molar-refractivity contribution >= 4 is 17.0 Å². The Hall–Kier alpha value is -1.84. The highest BCUT2D eigenvalue weighted by atomic mass is 16.4. The van der Waals surface area contributed by atoms with E-state index in [0.717, 1.165) is 29.7 Å². The monoisotopic (exact) mass is 274 g/mol. The molecule has 0 aliphatic heterocycles. The van der Waals surface area contributed by atoms with Crippen LogP contribution in [0.4, 0.5) is 0 Å². The summed E-state index contributed by atoms with van der Waals surface area (Å²) in [5, 5.41) is 9.12. The summed E-state index contributed by atoms with van der Waals surface area (Å²) in [7, 11) is 0. The molecule has 0 radical (unpaired) electrons. The minimum Gasteiger partial charge on any atom is -0.480 e. The number of carboxylic acids is 1. The minimum atomic E-state index is -0.826. The smallest absolute Gasteiger partial charge is 0.323 e. The number of carbonyl (C=O) groups is 1. The number of imidazole rings is 1. The molecule has 4 nitrogen and oxygen atoms in total. The lowest BCUT2D eigenvalue weighted by Crippen LogP contribution is -2.12. The first kappa shape index (κ1) is 14.6. The molecule has 1 aromatic heterocycles. The van der Waals surface area contributed by atoms with Crippen molar-refractivity contribution in [2.75, 3.05) is 0 Å². The number of carboxylic acid groups (broad SMARTS) is 1. The Morgan fingerprint density at radius 2 is 1.95 bits per heavy atom. The molecule has 0 aliphatic rings. The van der Waals surface area contributed by atoms with Gasteiger partial charge >= 0.3 is 5.97 Å². The number of aryl methyl sites for hydroxylation is 3. The number of benzene rings is 1. The van der Waals surface area contributed by atoms with E-state index >= 15 is 0 Å². The molecule has 2 aromatic rings. The summed E-state index contributed by atoms with van der Waals surface area (Å²) < 4.78 is 1.84. The normalized spacial score (nSPS) is 11.4. The van der Waals surface area contributed by atoms with Crippen LogP contribution in [0.3, 0.4) is 0 Å². The van der Waals surface area contributed by atoms with Crippen molar-refractivity contribution < 1.29 is 9.90 Å². The summed E-state index contributed by atoms with van der Waals surface area (Å²) in [6.07, 6.45) is 1.83. The van der Waals surface area contributed by atoms with Crippen LogP contribution < -0.4 is 0 Å². The number of aliphatic carboxylic acids is 1. The lowest BCUT2D eigenvalue weighted by atomic mass is 10.1. The summed E-state index contributed by atoms with van der Waals surface area (Å²) in [6, 6.07) is 4.08. The maximum atomic E-state index is 11.1. The van der Waals surface area contributed by atoms with Gasteiger partial charge in [0, 0.05) is 6.42 Å². The molecule has 4 heteroatoms. The van der Waals surface area contributed by atoms with E-state index in [1.165, 1.54) is 11.1 Å². The van der Waals surface area contributed by atoms with Crippen LogP contribution in [0.2, 0.25) is 0 Å². The van der Waals surface area contributed by atoms with E-state index in [2.05, 4.69) is 25.8 Å². The molecule has 0 saturated heterocycles. The second kappa shape index (κ2) is 5.65. The molecule has 0 unspecified atom stereocenters. The van der Waals surface area contributed by atoms with Gasteiger partial charge in [-0.2, -0.15) is 0 Å². The molecule has 1 N–H and O–H groups in total. The van der Waals surface area contributed by atoms with Crippen molar-refractivity contribution in [3.05, 3.63) is 29.1 Å². The van der Waals surface area contributed by atoms with Gasteiger partial charge in [-0.05, 0) is 49.4 Å². The number of fused-ring (bicyclic) bond motifs is 1. The second-order valence-electron chi connectivity index (χ2n) is 5.87. The zero-order valence-electron chi connectivity index (χ0n) is 12.6. The molecule has 0 atom stereocenters. The molecule has 0 saturated carbocycles. The van der Waals surface area contributed by atoms with Crippen molar-refractivity contribution in [3.8, 4) is 0 Å². The van der Waals surface area contributed by atoms with Crippen LogP contribution in [0.1, 0.15) is 37.2 Å². The maximum absolute atomic E-state index is 11.1. The molecule has 1 aromatic carbocycles. The fraction of sp³-hybridized carbons (Fsp3) is 0.500. The van der Waals surface area contributed by atoms with Crippen LogP contribution in [-0.2, 0) is 17.8 Å². The molecule has 20 heavy (non-hydrogen) atoms. The predicted molar refractivity (Wildman–Crippen MR) is 80.0 cm³/mol. The van der Waals surface area contributed by atoms with E-state index in [-0.39, 0.29) is 6.54 Å². The lowest BCUT2D eigenvalue weighted by Gasteiger charge is -2.08. The molecular formula is C16H22N2O2. The average molecular weight is 274 g/mol. The number of hydrogen-bond donors (Lipinski definition) is 1. The van der Waals surface area contributed by atoms with Gasteiger partial charge < -0.3 is 9.67 Å². The Labute approximate surface area is 119 Å². The van der Waals surface area contributed by atoms with Gasteiger partial charge in [-0.1, -0.05) is 13.8 Å². The number of hydrogen-bond acceptors (Lipinski definition) is 2. The van der Waals surface area contributed by atoms with Gasteiger partial charge in [0.05, 0.1) is 11.0 Å². The zero-order chi connectivity index (χ0) is 14.9. The molecule has 0 aliphatic carbocycles. The fourth-order valence-corrected chi connectivity index (χ4v) is 2.35. The first-order valence-corrected chi connectivity index (χ1v) is 7.06. The third kappa shape index (κ3) is 3.00. The lowest BCUT2D eigenvalue weighted by molar-refractivity contribution is -0.137. The molecule has 108 valence electrons. The first-order chi connectivity index (χ1) is 9.38. The largest absolute Gasteiger partial charge is 0.480 e. The van der Waals surface area contributed by atoms with Gasteiger partial charge in [0.25, 0.3) is 0 Å². The summed E-state index contributed by atoms with van der Waals surface area (Å²) in [6.45, 7) is 8.41. The Kier molecular flexibility index (Phi) is 4.12. The van der Waals surface area contributed by atoms with Gasteiger partial charge in [0.15, 0.2) is 0 Å². The van der Waals surface area contributed by atoms with Gasteiger partial charge in [-0.15, -0.1) is 0 Å². The molecule has 1 heterocycles. The molecule has 0 spiro atoms. The van der Waals surface area contributed by atoms with E-state index in [4.69, 9.17) is 5.11 Å². The topological polar surface area (TPSA) is 55.1 Å². The molecule has 0 fully saturated rings. The summed E-state index contributed by atoms with van der Waals surface area (Å²) >= 11 is 0. The maximum Gasteiger partial charge on any atom is 0.323 e. The summed E-state index contributed by atoms with van der Waals surface area (Å²) in [5.74, 6) is 0.631. The number of aromatic nitrogens is 2. The fourth-order valence-electron chi connectivity index (χ4n) is 2.35. The third-order valence-electron chi connectivity index (χ3n) is 3.68. The van der Waals surface area contributed by atoms with Crippen LogP contribution in [0.5, 0.6) is 0 Å². The Balaban J connectivity index is 2.51. The van der Waals surface area contributed by atoms with Crippen molar-refractivity contribution in [2.24, 2.45) is 5.92 Å². The first-order valence-electron chi connectivity index (χ1n) is 7.06. The van der Waals surface area contributed by atoms with Crippen molar-refractivity contribution in [1.82, 2.24) is 9.55 Å². The highest BCUT2D eigenvalue weighted by molar-refractivity contribution is 5.80. The number of rotatable bonds is 5. The standard InChI is InChI=1S/C16H22N2O2/c1-10(2)5-6-15-17-13-7-11(3)12(4)8-14(13)18(15)9-16(19)20/h7-8,10H,5-6,9H2,1-4H3,(H,19,20). The van der Waals surface area contributed by atoms with Crippen LogP contribution in [-0.4, -0.2) is 20.6 Å². The van der Waals surface area contributed by atoms with E-state index in [1.54, 1.807) is 0 Å². The average Bonchev–Trinajstić information content (AvgIpc) is 2.65. The van der Waals surface area contributed by atoms with Gasteiger partial charge in [0.1, 0.15) is 12.4 Å². The van der Waals surface area contributed by atoms with Crippen LogP contribution in [0.15, 0.2) is 12.1 Å². The van der Waals surface area contributed by atoms with Crippen LogP contribution in [0.25, 0.3) is 11.0 Å². The Bertz CT molecular complexity index is 641. The minimum absolute atomic E-state index is 0.0214. The Morgan fingerprint density at radius 3 is 2.55 bits per heavy atom. The summed E-state index contributed by atoms with van der Waals surface area (Å²) in [5.41, 5.74) is 4.18. The van der Waals surface area contributed by atoms with Gasteiger partial charge in [-0.3, -0.25) is 4.79 Å². The Morgan fingerprint density at radius 1 is 1.30 bits per heavy atom. The van der Waals surface area contributed by atoms with E-state index in [1.807, 2.05) is 23.6 Å². The molecular weight excluding hydrogens is 252 g/mol. The van der Waals surface area contributed by atoms with Crippen LogP contribution in [0, 0.1) is 19.8 Å². The van der Waals surface area contributed by atoms with Crippen LogP contribution >= 0.6 is 0 Å². The highest BCUT2D eigenvalue weighted by Crippen LogP contribution is 2.22. The van der Waals surface area contributed by atoms with Crippen molar-refractivity contribution in [2.45, 2.75) is 47.1 Å². The van der Waals surface area contributed by atoms with Crippen molar-refractivity contribution in [3.63, 3.8) is 0 Å². The van der Waals surface area contributed by atoms with Crippen molar-refractivity contribution in [1.29, 1.82) is 0 Å². The zero-order valence-corrected chi connectivity index (χ0v) is 12.6. The predicted octanol–water partition coefficient (Wildman–Crippen LogP) is 3.33. The second-order valence-corrected chi connectivity index (χ2v) is 5.87. The third-order valence-corrected chi connectivity index (χ3v) is 3.68. The molecule has 0 amide bonds. The van der Waals surface area contributed by atoms with E-state index in [9.17, 15) is 4.79 Å². The highest BCUT2D eigenvalue weighted by Gasteiger charge is 2.14. The molecule has 0 bridgehead atoms. The van der Waals surface area contributed by atoms with E-state index in [0.29, 0.717) is 5.92 Å².